The fourth-order valence-corrected chi connectivity index (χ4v) is 3.87. The van der Waals surface area contributed by atoms with Crippen LogP contribution in [0.5, 0.6) is 5.75 Å². The van der Waals surface area contributed by atoms with Gasteiger partial charge in [-0.3, -0.25) is 4.79 Å². The maximum absolute atomic E-state index is 12.7. The maximum Gasteiger partial charge on any atom is 0.227 e. The Hall–Kier alpha value is -2.00. The van der Waals surface area contributed by atoms with Gasteiger partial charge in [0.15, 0.2) is 0 Å². The molecule has 2 aromatic rings. The summed E-state index contributed by atoms with van der Waals surface area (Å²) in [5.41, 5.74) is 1.97. The monoisotopic (exact) mass is 357 g/mol. The van der Waals surface area contributed by atoms with Gasteiger partial charge in [-0.1, -0.05) is 55.8 Å². The molecule has 0 aromatic heterocycles. The van der Waals surface area contributed by atoms with Crippen LogP contribution in [0.4, 0.5) is 0 Å². The molecule has 0 unspecified atom stereocenters. The molecule has 1 amide bonds. The van der Waals surface area contributed by atoms with Crippen molar-refractivity contribution in [3.63, 3.8) is 0 Å². The molecule has 4 heteroatoms. The molecule has 0 radical (unpaired) electrons. The highest BCUT2D eigenvalue weighted by atomic mass is 35.5. The van der Waals surface area contributed by atoms with Gasteiger partial charge < -0.3 is 10.0 Å². The fraction of sp³-hybridized carbons (Fsp3) is 0.381. The minimum absolute atomic E-state index is 0.0418. The molecule has 1 fully saturated rings. The van der Waals surface area contributed by atoms with Crippen molar-refractivity contribution < 1.29 is 9.90 Å². The Morgan fingerprint density at radius 1 is 1.28 bits per heavy atom. The summed E-state index contributed by atoms with van der Waals surface area (Å²) in [7, 11) is 0. The minimum Gasteiger partial charge on any atom is -0.508 e. The number of rotatable bonds is 3. The highest BCUT2D eigenvalue weighted by Crippen LogP contribution is 2.40. The first kappa shape index (κ1) is 17.8. The van der Waals surface area contributed by atoms with Gasteiger partial charge in [-0.15, -0.1) is 0 Å². The number of phenolic OH excluding ortho intramolecular Hbond substituents is 1. The molecule has 1 saturated heterocycles. The second-order valence-corrected chi connectivity index (χ2v) is 7.63. The SMILES string of the molecule is C[C@H]1CN(C(=O)Cc2ccccc2Cl)CC[C@@]1(C)c1cccc(O)c1. The summed E-state index contributed by atoms with van der Waals surface area (Å²) in [6, 6.07) is 15.0. The van der Waals surface area contributed by atoms with E-state index < -0.39 is 0 Å². The Bertz CT molecular complexity index is 776. The third kappa shape index (κ3) is 3.67. The quantitative estimate of drug-likeness (QED) is 0.883. The van der Waals surface area contributed by atoms with Gasteiger partial charge in [0.25, 0.3) is 0 Å². The lowest BCUT2D eigenvalue weighted by molar-refractivity contribution is -0.133. The zero-order valence-corrected chi connectivity index (χ0v) is 15.5. The summed E-state index contributed by atoms with van der Waals surface area (Å²) in [4.78, 5) is 14.6. The van der Waals surface area contributed by atoms with Gasteiger partial charge >= 0.3 is 0 Å². The molecule has 0 spiro atoms. The maximum atomic E-state index is 12.7. The van der Waals surface area contributed by atoms with Crippen LogP contribution >= 0.6 is 11.6 Å². The van der Waals surface area contributed by atoms with Gasteiger partial charge in [-0.25, -0.2) is 0 Å². The molecule has 1 aliphatic rings. The Kier molecular flexibility index (Phi) is 5.05. The lowest BCUT2D eigenvalue weighted by Crippen LogP contribution is -2.49. The van der Waals surface area contributed by atoms with E-state index in [4.69, 9.17) is 11.6 Å². The van der Waals surface area contributed by atoms with Gasteiger partial charge in [0.2, 0.25) is 5.91 Å². The first-order valence-electron chi connectivity index (χ1n) is 8.71. The Labute approximate surface area is 154 Å². The lowest BCUT2D eigenvalue weighted by atomic mass is 9.68. The number of hydrogen-bond donors (Lipinski definition) is 1. The summed E-state index contributed by atoms with van der Waals surface area (Å²) in [5, 5.41) is 10.4. The summed E-state index contributed by atoms with van der Waals surface area (Å²) in [6.45, 7) is 5.84. The van der Waals surface area contributed by atoms with E-state index in [1.807, 2.05) is 41.3 Å². The number of likely N-dealkylation sites (tertiary alicyclic amines) is 1. The normalized spacial score (nSPS) is 23.5. The molecular formula is C21H24ClNO2. The summed E-state index contributed by atoms with van der Waals surface area (Å²) in [5.74, 6) is 0.722. The van der Waals surface area contributed by atoms with Gasteiger partial charge in [-0.2, -0.15) is 0 Å². The number of halogens is 1. The highest BCUT2D eigenvalue weighted by Gasteiger charge is 2.39. The predicted molar refractivity (Wildman–Crippen MR) is 101 cm³/mol. The van der Waals surface area contributed by atoms with Crippen LogP contribution in [0.2, 0.25) is 5.02 Å². The summed E-state index contributed by atoms with van der Waals surface area (Å²) >= 11 is 6.18. The number of carbonyl (C=O) groups is 1. The molecule has 2 aromatic carbocycles. The molecule has 1 heterocycles. The molecule has 3 rings (SSSR count). The smallest absolute Gasteiger partial charge is 0.227 e. The number of phenols is 1. The average Bonchev–Trinajstić information content (AvgIpc) is 2.59. The molecule has 0 aliphatic carbocycles. The Balaban J connectivity index is 1.71. The van der Waals surface area contributed by atoms with Crippen molar-refractivity contribution in [1.82, 2.24) is 4.90 Å². The van der Waals surface area contributed by atoms with Gasteiger partial charge in [-0.05, 0) is 47.1 Å². The molecule has 0 saturated carbocycles. The van der Waals surface area contributed by atoms with E-state index >= 15 is 0 Å². The van der Waals surface area contributed by atoms with Crippen molar-refractivity contribution in [2.45, 2.75) is 32.1 Å². The molecular weight excluding hydrogens is 334 g/mol. The van der Waals surface area contributed by atoms with Crippen molar-refractivity contribution in [3.8, 4) is 5.75 Å². The van der Waals surface area contributed by atoms with E-state index in [0.717, 1.165) is 30.6 Å². The van der Waals surface area contributed by atoms with E-state index in [-0.39, 0.29) is 11.3 Å². The van der Waals surface area contributed by atoms with E-state index in [1.54, 1.807) is 6.07 Å². The second-order valence-electron chi connectivity index (χ2n) is 7.23. The number of nitrogens with zero attached hydrogens (tertiary/aromatic N) is 1. The van der Waals surface area contributed by atoms with Crippen LogP contribution in [0.3, 0.4) is 0 Å². The summed E-state index contributed by atoms with van der Waals surface area (Å²) in [6.07, 6.45) is 1.22. The van der Waals surface area contributed by atoms with Gasteiger partial charge in [0, 0.05) is 18.1 Å². The summed E-state index contributed by atoms with van der Waals surface area (Å²) < 4.78 is 0. The number of piperidine rings is 1. The fourth-order valence-electron chi connectivity index (χ4n) is 3.67. The minimum atomic E-state index is -0.0418. The number of amides is 1. The van der Waals surface area contributed by atoms with Crippen molar-refractivity contribution >= 4 is 17.5 Å². The second kappa shape index (κ2) is 7.09. The topological polar surface area (TPSA) is 40.5 Å². The largest absolute Gasteiger partial charge is 0.508 e. The molecule has 0 bridgehead atoms. The predicted octanol–water partition coefficient (Wildman–Crippen LogP) is 4.41. The van der Waals surface area contributed by atoms with Crippen molar-refractivity contribution in [2.75, 3.05) is 13.1 Å². The molecule has 2 atom stereocenters. The van der Waals surface area contributed by atoms with Crippen LogP contribution < -0.4 is 0 Å². The standard InChI is InChI=1S/C21H24ClNO2/c1-15-14-23(20(25)12-16-6-3-4-9-19(16)22)11-10-21(15,2)17-7-5-8-18(24)13-17/h3-9,13,15,24H,10-12,14H2,1-2H3/t15-,21+/m0/s1. The number of benzene rings is 2. The number of carbonyl (C=O) groups excluding carboxylic acids is 1. The van der Waals surface area contributed by atoms with Crippen LogP contribution in [0, 0.1) is 5.92 Å². The molecule has 3 nitrogen and oxygen atoms in total. The lowest BCUT2D eigenvalue weighted by Gasteiger charge is -2.45. The number of aromatic hydroxyl groups is 1. The Morgan fingerprint density at radius 3 is 2.72 bits per heavy atom. The van der Waals surface area contributed by atoms with Crippen LogP contribution in [-0.4, -0.2) is 29.0 Å². The molecule has 1 N–H and O–H groups in total. The molecule has 25 heavy (non-hydrogen) atoms. The first-order chi connectivity index (χ1) is 11.9. The van der Waals surface area contributed by atoms with Crippen LogP contribution in [0.25, 0.3) is 0 Å². The third-order valence-corrected chi connectivity index (χ3v) is 6.01. The zero-order chi connectivity index (χ0) is 18.0. The third-order valence-electron chi connectivity index (χ3n) is 5.64. The van der Waals surface area contributed by atoms with Crippen LogP contribution in [-0.2, 0) is 16.6 Å². The van der Waals surface area contributed by atoms with Crippen molar-refractivity contribution in [3.05, 3.63) is 64.7 Å². The van der Waals surface area contributed by atoms with Crippen LogP contribution in [0.15, 0.2) is 48.5 Å². The van der Waals surface area contributed by atoms with E-state index in [1.165, 1.54) is 0 Å². The Morgan fingerprint density at radius 2 is 2.04 bits per heavy atom. The van der Waals surface area contributed by atoms with Crippen molar-refractivity contribution in [1.29, 1.82) is 0 Å². The zero-order valence-electron chi connectivity index (χ0n) is 14.7. The van der Waals surface area contributed by atoms with E-state index in [0.29, 0.717) is 23.1 Å². The highest BCUT2D eigenvalue weighted by molar-refractivity contribution is 6.31. The van der Waals surface area contributed by atoms with Crippen molar-refractivity contribution in [2.24, 2.45) is 5.92 Å². The molecule has 132 valence electrons. The van der Waals surface area contributed by atoms with E-state index in [2.05, 4.69) is 19.9 Å². The first-order valence-corrected chi connectivity index (χ1v) is 9.08. The molecule has 1 aliphatic heterocycles. The van der Waals surface area contributed by atoms with Gasteiger partial charge in [0.1, 0.15) is 5.75 Å². The van der Waals surface area contributed by atoms with Crippen LogP contribution in [0.1, 0.15) is 31.4 Å². The number of hydrogen-bond acceptors (Lipinski definition) is 2. The average molecular weight is 358 g/mol. The van der Waals surface area contributed by atoms with E-state index in [9.17, 15) is 9.90 Å². The van der Waals surface area contributed by atoms with Gasteiger partial charge in [0.05, 0.1) is 6.42 Å².